The van der Waals surface area contributed by atoms with Crippen molar-refractivity contribution >= 4 is 28.3 Å². The van der Waals surface area contributed by atoms with E-state index in [1.807, 2.05) is 23.5 Å². The number of thiazole rings is 1. The third-order valence-corrected chi connectivity index (χ3v) is 4.11. The zero-order valence-electron chi connectivity index (χ0n) is 8.77. The van der Waals surface area contributed by atoms with Gasteiger partial charge in [-0.25, -0.2) is 0 Å². The zero-order chi connectivity index (χ0) is 10.5. The van der Waals surface area contributed by atoms with Crippen molar-refractivity contribution in [3.63, 3.8) is 0 Å². The Morgan fingerprint density at radius 2 is 2.60 bits per heavy atom. The first-order chi connectivity index (χ1) is 7.38. The first kappa shape index (κ1) is 11.0. The molecule has 1 saturated heterocycles. The van der Waals surface area contributed by atoms with Gasteiger partial charge in [-0.3, -0.25) is 9.98 Å². The Labute approximate surface area is 98.4 Å². The van der Waals surface area contributed by atoms with E-state index in [1.54, 1.807) is 11.3 Å². The summed E-state index contributed by atoms with van der Waals surface area (Å²) in [7, 11) is 0. The Balaban J connectivity index is 1.89. The van der Waals surface area contributed by atoms with Crippen molar-refractivity contribution in [2.24, 2.45) is 4.99 Å². The van der Waals surface area contributed by atoms with Crippen LogP contribution in [0.3, 0.4) is 0 Å². The Morgan fingerprint density at radius 3 is 3.33 bits per heavy atom. The number of rotatable bonds is 3. The van der Waals surface area contributed by atoms with Crippen molar-refractivity contribution in [1.82, 2.24) is 10.3 Å². The smallest absolute Gasteiger partial charge is 0.157 e. The average Bonchev–Trinajstić information content (AvgIpc) is 2.79. The summed E-state index contributed by atoms with van der Waals surface area (Å²) in [4.78, 5) is 9.83. The van der Waals surface area contributed by atoms with Crippen molar-refractivity contribution in [3.05, 3.63) is 16.6 Å². The summed E-state index contributed by atoms with van der Waals surface area (Å²) in [6, 6.07) is 0.617. The summed E-state index contributed by atoms with van der Waals surface area (Å²) in [5.41, 5.74) is 1.85. The summed E-state index contributed by atoms with van der Waals surface area (Å²) in [5.74, 6) is 1.19. The van der Waals surface area contributed by atoms with Crippen LogP contribution in [0.4, 0.5) is 0 Å². The van der Waals surface area contributed by atoms with Crippen molar-refractivity contribution < 1.29 is 0 Å². The second kappa shape index (κ2) is 5.51. The fourth-order valence-corrected chi connectivity index (χ4v) is 2.97. The summed E-state index contributed by atoms with van der Waals surface area (Å²) in [5, 5.41) is 4.56. The molecule has 1 N–H and O–H groups in total. The van der Waals surface area contributed by atoms with E-state index in [9.17, 15) is 0 Å². The Kier molecular flexibility index (Phi) is 4.02. The molecule has 0 spiro atoms. The number of nitrogens with one attached hydrogen (secondary N) is 1. The van der Waals surface area contributed by atoms with Gasteiger partial charge in [-0.15, -0.1) is 11.3 Å². The summed E-state index contributed by atoms with van der Waals surface area (Å²) < 4.78 is 0. The molecule has 0 bridgehead atoms. The van der Waals surface area contributed by atoms with Crippen LogP contribution in [0.5, 0.6) is 0 Å². The van der Waals surface area contributed by atoms with E-state index >= 15 is 0 Å². The molecular weight excluding hydrogens is 226 g/mol. The molecule has 2 heterocycles. The number of aromatic nitrogens is 1. The molecule has 1 aromatic rings. The maximum Gasteiger partial charge on any atom is 0.157 e. The van der Waals surface area contributed by atoms with Gasteiger partial charge in [-0.2, -0.15) is 0 Å². The quantitative estimate of drug-likeness (QED) is 0.883. The first-order valence-corrected chi connectivity index (χ1v) is 7.06. The highest BCUT2D eigenvalue weighted by molar-refractivity contribution is 8.13. The van der Waals surface area contributed by atoms with E-state index in [2.05, 4.69) is 22.2 Å². The Bertz CT molecular complexity index is 321. The van der Waals surface area contributed by atoms with Gasteiger partial charge in [-0.05, 0) is 12.8 Å². The lowest BCUT2D eigenvalue weighted by molar-refractivity contribution is 0.570. The van der Waals surface area contributed by atoms with E-state index < -0.39 is 0 Å². The van der Waals surface area contributed by atoms with Gasteiger partial charge in [0, 0.05) is 22.9 Å². The summed E-state index contributed by atoms with van der Waals surface area (Å²) in [6.45, 7) is 2.98. The number of thioether (sulfide) groups is 1. The molecule has 0 amide bonds. The zero-order valence-corrected chi connectivity index (χ0v) is 10.4. The van der Waals surface area contributed by atoms with Gasteiger partial charge in [0.15, 0.2) is 5.17 Å². The van der Waals surface area contributed by atoms with Crippen LogP contribution in [-0.4, -0.2) is 21.9 Å². The van der Waals surface area contributed by atoms with Crippen LogP contribution in [0.15, 0.2) is 16.7 Å². The highest BCUT2D eigenvalue weighted by Crippen LogP contribution is 2.16. The summed E-state index contributed by atoms with van der Waals surface area (Å²) >= 11 is 3.49. The molecular formula is C10H15N3S2. The third-order valence-electron chi connectivity index (χ3n) is 2.39. The van der Waals surface area contributed by atoms with Crippen LogP contribution in [0.2, 0.25) is 0 Å². The number of hydrogen-bond donors (Lipinski definition) is 1. The van der Waals surface area contributed by atoms with Crippen molar-refractivity contribution in [1.29, 1.82) is 0 Å². The van der Waals surface area contributed by atoms with E-state index in [-0.39, 0.29) is 0 Å². The lowest BCUT2D eigenvalue weighted by atomic mass is 10.2. The Morgan fingerprint density at radius 1 is 1.67 bits per heavy atom. The number of hydrogen-bond acceptors (Lipinski definition) is 4. The van der Waals surface area contributed by atoms with E-state index in [4.69, 9.17) is 0 Å². The van der Waals surface area contributed by atoms with E-state index in [1.165, 1.54) is 23.5 Å². The van der Waals surface area contributed by atoms with Gasteiger partial charge >= 0.3 is 0 Å². The molecule has 0 aliphatic carbocycles. The maximum absolute atomic E-state index is 4.56. The van der Waals surface area contributed by atoms with Crippen molar-refractivity contribution in [3.8, 4) is 0 Å². The molecule has 0 radical (unpaired) electrons. The highest BCUT2D eigenvalue weighted by Gasteiger charge is 2.15. The maximum atomic E-state index is 4.56. The second-order valence-corrected chi connectivity index (χ2v) is 5.53. The van der Waals surface area contributed by atoms with Gasteiger partial charge in [0.25, 0.3) is 0 Å². The van der Waals surface area contributed by atoms with Gasteiger partial charge in [-0.1, -0.05) is 18.7 Å². The molecule has 2 rings (SSSR count). The average molecular weight is 241 g/mol. The van der Waals surface area contributed by atoms with Crippen LogP contribution in [0, 0.1) is 0 Å². The van der Waals surface area contributed by atoms with Gasteiger partial charge < -0.3 is 5.32 Å². The summed E-state index contributed by atoms with van der Waals surface area (Å²) in [6.07, 6.45) is 4.32. The van der Waals surface area contributed by atoms with Crippen LogP contribution in [0.1, 0.15) is 24.6 Å². The van der Waals surface area contributed by atoms with Crippen LogP contribution in [-0.2, 0) is 6.54 Å². The van der Waals surface area contributed by atoms with Gasteiger partial charge in [0.05, 0.1) is 12.1 Å². The highest BCUT2D eigenvalue weighted by atomic mass is 32.2. The van der Waals surface area contributed by atoms with Gasteiger partial charge in [0.2, 0.25) is 0 Å². The third kappa shape index (κ3) is 3.21. The molecule has 3 nitrogen and oxygen atoms in total. The van der Waals surface area contributed by atoms with Crippen molar-refractivity contribution in [2.45, 2.75) is 32.4 Å². The van der Waals surface area contributed by atoms with E-state index in [0.717, 1.165) is 11.7 Å². The van der Waals surface area contributed by atoms with Crippen LogP contribution < -0.4 is 5.32 Å². The molecule has 0 saturated carbocycles. The second-order valence-electron chi connectivity index (χ2n) is 3.48. The minimum absolute atomic E-state index is 0.617. The number of nitrogens with zero attached hydrogens (tertiary/aromatic N) is 2. The molecule has 1 aliphatic heterocycles. The molecule has 1 aliphatic rings. The minimum Gasteiger partial charge on any atom is -0.362 e. The van der Waals surface area contributed by atoms with E-state index in [0.29, 0.717) is 6.04 Å². The molecule has 1 aromatic heterocycles. The standard InChI is InChI=1S/C10H15N3S2/c1-2-8-3-4-14-10(13-8)12-6-9-5-11-7-15-9/h5,7-8H,2-4,6H2,1H3,(H,12,13). The molecule has 1 atom stereocenters. The first-order valence-electron chi connectivity index (χ1n) is 5.19. The van der Waals surface area contributed by atoms with Crippen molar-refractivity contribution in [2.75, 3.05) is 5.75 Å². The molecule has 0 aromatic carbocycles. The largest absolute Gasteiger partial charge is 0.362 e. The molecule has 1 unspecified atom stereocenters. The normalized spacial score (nSPS) is 24.1. The molecule has 82 valence electrons. The number of amidine groups is 1. The lowest BCUT2D eigenvalue weighted by Crippen LogP contribution is -2.37. The predicted octanol–water partition coefficient (Wildman–Crippen LogP) is 2.50. The topological polar surface area (TPSA) is 37.3 Å². The van der Waals surface area contributed by atoms with Crippen LogP contribution in [0.25, 0.3) is 0 Å². The molecule has 15 heavy (non-hydrogen) atoms. The number of aliphatic imine (C=N–C) groups is 1. The monoisotopic (exact) mass is 241 g/mol. The lowest BCUT2D eigenvalue weighted by Gasteiger charge is -2.24. The molecule has 5 heteroatoms. The van der Waals surface area contributed by atoms with Gasteiger partial charge in [0.1, 0.15) is 0 Å². The fraction of sp³-hybridized carbons (Fsp3) is 0.600. The fourth-order valence-electron chi connectivity index (χ4n) is 1.45. The molecule has 1 fully saturated rings. The van der Waals surface area contributed by atoms with Crippen LogP contribution >= 0.6 is 23.1 Å². The SMILES string of the molecule is CCC1CCSC(=NCc2cncs2)N1. The minimum atomic E-state index is 0.617. The predicted molar refractivity (Wildman–Crippen MR) is 67.5 cm³/mol. The Hall–Kier alpha value is -0.550.